The van der Waals surface area contributed by atoms with E-state index in [0.717, 1.165) is 18.3 Å². The second-order valence-corrected chi connectivity index (χ2v) is 7.86. The van der Waals surface area contributed by atoms with Gasteiger partial charge in [0.2, 0.25) is 16.0 Å². The van der Waals surface area contributed by atoms with Crippen LogP contribution >= 0.6 is 0 Å². The van der Waals surface area contributed by atoms with Gasteiger partial charge in [0.1, 0.15) is 22.9 Å². The summed E-state index contributed by atoms with van der Waals surface area (Å²) >= 11 is 0. The molecule has 0 bridgehead atoms. The number of carbonyl (C=O) groups excluding carboxylic acids is 1. The molecule has 0 radical (unpaired) electrons. The second-order valence-electron chi connectivity index (χ2n) is 6.14. The minimum atomic E-state index is -3.79. The van der Waals surface area contributed by atoms with E-state index in [4.69, 9.17) is 5.73 Å². The lowest BCUT2D eigenvalue weighted by Gasteiger charge is -2.30. The Kier molecular flexibility index (Phi) is 4.56. The van der Waals surface area contributed by atoms with Gasteiger partial charge in [0.15, 0.2) is 0 Å². The third-order valence-corrected chi connectivity index (χ3v) is 5.33. The third-order valence-electron chi connectivity index (χ3n) is 3.86. The maximum atomic E-state index is 14.4. The fourth-order valence-corrected chi connectivity index (χ4v) is 4.14. The van der Waals surface area contributed by atoms with Crippen molar-refractivity contribution < 1.29 is 22.0 Å². The molecule has 27 heavy (non-hydrogen) atoms. The number of sulfonamides is 1. The standard InChI is InChI=1S/C16H15F2N5O3S/c1-16(8-27(25,26)23-15(19)22-16)11-6-10(3-4-12(11)18)21-14(24)13-5-2-9(17)7-20-13/h2-7H,8H2,1H3,(H,21,24)(H3,19,22,23)/t16-/m0/s1. The molecule has 0 unspecified atom stereocenters. The van der Waals surface area contributed by atoms with Crippen molar-refractivity contribution in [2.24, 2.45) is 10.7 Å². The largest absolute Gasteiger partial charge is 0.369 e. The van der Waals surface area contributed by atoms with Gasteiger partial charge in [-0.3, -0.25) is 9.52 Å². The van der Waals surface area contributed by atoms with E-state index in [2.05, 4.69) is 15.3 Å². The molecule has 4 N–H and O–H groups in total. The van der Waals surface area contributed by atoms with E-state index in [-0.39, 0.29) is 22.9 Å². The number of benzene rings is 1. The molecule has 2 heterocycles. The van der Waals surface area contributed by atoms with E-state index in [1.165, 1.54) is 25.1 Å². The van der Waals surface area contributed by atoms with Crippen LogP contribution < -0.4 is 15.8 Å². The Morgan fingerprint density at radius 3 is 2.67 bits per heavy atom. The van der Waals surface area contributed by atoms with E-state index >= 15 is 0 Å². The zero-order valence-electron chi connectivity index (χ0n) is 14.0. The Labute approximate surface area is 153 Å². The summed E-state index contributed by atoms with van der Waals surface area (Å²) in [5, 5.41) is 2.50. The molecule has 0 fully saturated rings. The number of carbonyl (C=O) groups is 1. The number of pyridine rings is 1. The zero-order valence-corrected chi connectivity index (χ0v) is 14.8. The molecule has 142 valence electrons. The molecule has 2 aromatic rings. The summed E-state index contributed by atoms with van der Waals surface area (Å²) in [6.07, 6.45) is 0.892. The van der Waals surface area contributed by atoms with Gasteiger partial charge in [-0.2, -0.15) is 0 Å². The topological polar surface area (TPSA) is 127 Å². The van der Waals surface area contributed by atoms with Gasteiger partial charge in [-0.1, -0.05) is 0 Å². The molecule has 8 nitrogen and oxygen atoms in total. The summed E-state index contributed by atoms with van der Waals surface area (Å²) in [5.74, 6) is -2.81. The van der Waals surface area contributed by atoms with Gasteiger partial charge >= 0.3 is 0 Å². The van der Waals surface area contributed by atoms with Crippen LogP contribution in [0.25, 0.3) is 0 Å². The average molecular weight is 395 g/mol. The number of amides is 1. The first-order valence-electron chi connectivity index (χ1n) is 7.67. The van der Waals surface area contributed by atoms with Crippen LogP contribution in [-0.2, 0) is 15.6 Å². The lowest BCUT2D eigenvalue weighted by molar-refractivity contribution is 0.102. The SMILES string of the molecule is C[C@@]1(c2cc(NC(=O)c3ccc(F)cn3)ccc2F)CS(=O)(=O)NC(N)=N1. The first-order valence-corrected chi connectivity index (χ1v) is 9.32. The molecule has 11 heteroatoms. The molecule has 1 atom stereocenters. The molecule has 1 aromatic carbocycles. The highest BCUT2D eigenvalue weighted by Gasteiger charge is 2.39. The minimum absolute atomic E-state index is 0.0415. The fraction of sp³-hybridized carbons (Fsp3) is 0.188. The Morgan fingerprint density at radius 1 is 1.30 bits per heavy atom. The minimum Gasteiger partial charge on any atom is -0.369 e. The summed E-state index contributed by atoms with van der Waals surface area (Å²) in [5.41, 5.74) is 4.12. The number of nitrogens with zero attached hydrogens (tertiary/aromatic N) is 2. The molecule has 0 aliphatic carbocycles. The summed E-state index contributed by atoms with van der Waals surface area (Å²) < 4.78 is 53.2. The van der Waals surface area contributed by atoms with Gasteiger partial charge in [-0.15, -0.1) is 0 Å². The van der Waals surface area contributed by atoms with Crippen LogP contribution in [0.1, 0.15) is 23.0 Å². The number of anilines is 1. The predicted molar refractivity (Wildman–Crippen MR) is 94.4 cm³/mol. The van der Waals surface area contributed by atoms with Gasteiger partial charge in [0.25, 0.3) is 5.91 Å². The van der Waals surface area contributed by atoms with Crippen molar-refractivity contribution in [1.29, 1.82) is 0 Å². The quantitative estimate of drug-likeness (QED) is 0.717. The highest BCUT2D eigenvalue weighted by molar-refractivity contribution is 7.90. The van der Waals surface area contributed by atoms with Crippen molar-refractivity contribution in [3.05, 3.63) is 59.4 Å². The maximum absolute atomic E-state index is 14.4. The van der Waals surface area contributed by atoms with Gasteiger partial charge < -0.3 is 11.1 Å². The first-order chi connectivity index (χ1) is 12.6. The molecule has 3 rings (SSSR count). The van der Waals surface area contributed by atoms with E-state index in [1.807, 2.05) is 4.72 Å². The van der Waals surface area contributed by atoms with Crippen molar-refractivity contribution in [2.75, 3.05) is 11.1 Å². The number of nitrogens with two attached hydrogens (primary N) is 1. The number of guanidine groups is 1. The Bertz CT molecular complexity index is 1040. The highest BCUT2D eigenvalue weighted by Crippen LogP contribution is 2.33. The molecule has 1 amide bonds. The number of aromatic nitrogens is 1. The second kappa shape index (κ2) is 6.58. The lowest BCUT2D eigenvalue weighted by Crippen LogP contribution is -2.49. The Balaban J connectivity index is 1.94. The average Bonchev–Trinajstić information content (AvgIpc) is 2.54. The predicted octanol–water partition coefficient (Wildman–Crippen LogP) is 1.07. The molecular formula is C16H15F2N5O3S. The summed E-state index contributed by atoms with van der Waals surface area (Å²) in [7, 11) is -3.79. The van der Waals surface area contributed by atoms with Crippen LogP contribution in [0.2, 0.25) is 0 Å². The number of aliphatic imine (C=N–C) groups is 1. The van der Waals surface area contributed by atoms with Gasteiger partial charge in [-0.25, -0.2) is 27.2 Å². The van der Waals surface area contributed by atoms with Gasteiger partial charge in [0.05, 0.1) is 11.9 Å². The van der Waals surface area contributed by atoms with E-state index < -0.39 is 38.9 Å². The van der Waals surface area contributed by atoms with Crippen molar-refractivity contribution in [3.63, 3.8) is 0 Å². The number of nitrogens with one attached hydrogen (secondary N) is 2. The van der Waals surface area contributed by atoms with Crippen LogP contribution in [0.3, 0.4) is 0 Å². The molecule has 0 saturated carbocycles. The zero-order chi connectivity index (χ0) is 19.8. The number of hydrogen-bond donors (Lipinski definition) is 3. The highest BCUT2D eigenvalue weighted by atomic mass is 32.2. The van der Waals surface area contributed by atoms with Crippen LogP contribution in [-0.4, -0.2) is 31.0 Å². The smallest absolute Gasteiger partial charge is 0.274 e. The number of halogens is 2. The fourth-order valence-electron chi connectivity index (χ4n) is 2.75. The van der Waals surface area contributed by atoms with E-state index in [0.29, 0.717) is 0 Å². The van der Waals surface area contributed by atoms with Crippen molar-refractivity contribution in [3.8, 4) is 0 Å². The molecule has 1 aromatic heterocycles. The van der Waals surface area contributed by atoms with Crippen LogP contribution in [0.4, 0.5) is 14.5 Å². The lowest BCUT2D eigenvalue weighted by atomic mass is 9.93. The third kappa shape index (κ3) is 4.03. The normalized spacial score (nSPS) is 21.1. The van der Waals surface area contributed by atoms with Gasteiger partial charge in [-0.05, 0) is 37.3 Å². The van der Waals surface area contributed by atoms with Crippen LogP contribution in [0.15, 0.2) is 41.5 Å². The monoisotopic (exact) mass is 395 g/mol. The van der Waals surface area contributed by atoms with E-state index in [1.54, 1.807) is 0 Å². The molecule has 1 aliphatic rings. The van der Waals surface area contributed by atoms with Crippen molar-refractivity contribution >= 4 is 27.6 Å². The summed E-state index contributed by atoms with van der Waals surface area (Å²) in [4.78, 5) is 19.9. The maximum Gasteiger partial charge on any atom is 0.274 e. The van der Waals surface area contributed by atoms with Crippen molar-refractivity contribution in [1.82, 2.24) is 9.71 Å². The summed E-state index contributed by atoms with van der Waals surface area (Å²) in [6.45, 7) is 1.42. The molecule has 0 spiro atoms. The molecular weight excluding hydrogens is 380 g/mol. The molecule has 0 saturated heterocycles. The molecule has 1 aliphatic heterocycles. The number of hydrogen-bond acceptors (Lipinski definition) is 6. The first kappa shape index (κ1) is 18.7. The summed E-state index contributed by atoms with van der Waals surface area (Å²) in [6, 6.07) is 5.92. The number of rotatable bonds is 3. The van der Waals surface area contributed by atoms with Crippen LogP contribution in [0, 0.1) is 11.6 Å². The Morgan fingerprint density at radius 2 is 2.04 bits per heavy atom. The van der Waals surface area contributed by atoms with Crippen molar-refractivity contribution in [2.45, 2.75) is 12.5 Å². The van der Waals surface area contributed by atoms with E-state index in [9.17, 15) is 22.0 Å². The Hall–Kier alpha value is -3.08. The van der Waals surface area contributed by atoms with Gasteiger partial charge in [0, 0.05) is 11.3 Å². The van der Waals surface area contributed by atoms with Crippen LogP contribution in [0.5, 0.6) is 0 Å².